The average Bonchev–Trinajstić information content (AvgIpc) is 3.17. The van der Waals surface area contributed by atoms with E-state index >= 15 is 0 Å². The van der Waals surface area contributed by atoms with E-state index in [1.807, 2.05) is 13.0 Å². The van der Waals surface area contributed by atoms with Crippen molar-refractivity contribution in [2.45, 2.75) is 13.3 Å². The van der Waals surface area contributed by atoms with E-state index in [0.29, 0.717) is 23.2 Å². The highest BCUT2D eigenvalue weighted by Crippen LogP contribution is 2.41. The highest BCUT2D eigenvalue weighted by Gasteiger charge is 2.57. The largest absolute Gasteiger partial charge is 0.315 e. The summed E-state index contributed by atoms with van der Waals surface area (Å²) in [4.78, 5) is 17.2. The molecule has 4 rings (SSSR count). The number of hydrogen-bond acceptors (Lipinski definition) is 4. The number of amidine groups is 1. The van der Waals surface area contributed by atoms with Gasteiger partial charge in [0.05, 0.1) is 17.8 Å². The number of fused-ring (bicyclic) bond motifs is 1. The Morgan fingerprint density at radius 1 is 1.15 bits per heavy atom. The number of Topliss-reactive ketones (excluding diaryl/α,β-unsaturated/α-hetero) is 1. The molecule has 0 bridgehead atoms. The maximum atomic E-state index is 14.6. The van der Waals surface area contributed by atoms with Gasteiger partial charge < -0.3 is 0 Å². The van der Waals surface area contributed by atoms with Crippen LogP contribution < -0.4 is 4.59 Å². The van der Waals surface area contributed by atoms with Crippen LogP contribution in [0.25, 0.3) is 0 Å². The molecule has 1 unspecified atom stereocenters. The molecule has 0 N–H and O–H groups in total. The fraction of sp³-hybridized carbons (Fsp3) is 0.100. The minimum Gasteiger partial charge on any atom is -0.278 e. The summed E-state index contributed by atoms with van der Waals surface area (Å²) in [6.07, 6.45) is 1.98. The molecule has 0 aliphatic carbocycles. The molecule has 27 heavy (non-hydrogen) atoms. The first-order valence-corrected chi connectivity index (χ1v) is 8.29. The number of allylic oxidation sites excluding steroid dienone is 1. The Morgan fingerprint density at radius 2 is 1.89 bits per heavy atom. The Bertz CT molecular complexity index is 1110. The first-order chi connectivity index (χ1) is 13.0. The second-order valence-electron chi connectivity index (χ2n) is 6.12. The van der Waals surface area contributed by atoms with E-state index in [4.69, 9.17) is 5.26 Å². The predicted octanol–water partition coefficient (Wildman–Crippen LogP) is 3.79. The topological polar surface area (TPSA) is 65.6 Å². The summed E-state index contributed by atoms with van der Waals surface area (Å²) in [7, 11) is 0. The molecule has 2 aliphatic rings. The van der Waals surface area contributed by atoms with Gasteiger partial charge >= 0.3 is 5.84 Å². The number of hydrogen-bond donors (Lipinski definition) is 0. The smallest absolute Gasteiger partial charge is 0.278 e. The first-order valence-electron chi connectivity index (χ1n) is 8.29. The summed E-state index contributed by atoms with van der Waals surface area (Å²) in [5.74, 6) is -1.89. The van der Waals surface area contributed by atoms with Gasteiger partial charge in [-0.2, -0.15) is 10.3 Å². The molecule has 2 aromatic carbocycles. The van der Waals surface area contributed by atoms with Crippen molar-refractivity contribution in [2.24, 2.45) is 10.1 Å². The molecule has 0 saturated carbocycles. The molecule has 0 radical (unpaired) electrons. The molecular weight excluding hydrogens is 350 g/mol. The zero-order chi connectivity index (χ0) is 19.2. The van der Waals surface area contributed by atoms with E-state index in [9.17, 15) is 13.6 Å². The van der Waals surface area contributed by atoms with Gasteiger partial charge in [-0.1, -0.05) is 28.7 Å². The number of benzene rings is 2. The van der Waals surface area contributed by atoms with E-state index in [-0.39, 0.29) is 17.2 Å². The summed E-state index contributed by atoms with van der Waals surface area (Å²) in [5.41, 5.74) is 1.73. The van der Waals surface area contributed by atoms with Gasteiger partial charge in [-0.15, -0.1) is 0 Å². The number of ketones is 1. The maximum Gasteiger partial charge on any atom is 0.315 e. The highest BCUT2D eigenvalue weighted by molar-refractivity contribution is 6.73. The van der Waals surface area contributed by atoms with E-state index in [1.54, 1.807) is 24.3 Å². The summed E-state index contributed by atoms with van der Waals surface area (Å²) in [6, 6.07) is 11.6. The zero-order valence-corrected chi connectivity index (χ0v) is 14.3. The molecule has 2 aliphatic heterocycles. The van der Waals surface area contributed by atoms with E-state index in [0.717, 1.165) is 12.1 Å². The third-order valence-electron chi connectivity index (χ3n) is 4.63. The molecule has 0 spiro atoms. The van der Waals surface area contributed by atoms with E-state index < -0.39 is 22.0 Å². The number of quaternary nitrogens is 1. The molecule has 0 fully saturated rings. The van der Waals surface area contributed by atoms with Gasteiger partial charge in [0.25, 0.3) is 5.78 Å². The number of halogens is 2. The highest BCUT2D eigenvalue weighted by atomic mass is 19.1. The van der Waals surface area contributed by atoms with Gasteiger partial charge in [-0.05, 0) is 18.2 Å². The van der Waals surface area contributed by atoms with E-state index in [1.165, 1.54) is 12.3 Å². The van der Waals surface area contributed by atoms with Crippen molar-refractivity contribution in [3.8, 4) is 6.07 Å². The van der Waals surface area contributed by atoms with Crippen LogP contribution in [0.3, 0.4) is 0 Å². The lowest BCUT2D eigenvalue weighted by Gasteiger charge is -2.25. The lowest BCUT2D eigenvalue weighted by Crippen LogP contribution is -2.46. The molecular formula is C20H13F2N4O+. The van der Waals surface area contributed by atoms with Gasteiger partial charge in [0.15, 0.2) is 17.2 Å². The molecule has 0 amide bonds. The number of rotatable bonds is 3. The zero-order valence-electron chi connectivity index (χ0n) is 14.3. The van der Waals surface area contributed by atoms with Crippen LogP contribution >= 0.6 is 0 Å². The lowest BCUT2D eigenvalue weighted by molar-refractivity contribution is -0.107. The number of carbonyl (C=O) groups is 1. The number of carbonyl (C=O) groups excluding carboxylic acids is 1. The van der Waals surface area contributed by atoms with Crippen LogP contribution in [0.2, 0.25) is 0 Å². The predicted molar refractivity (Wildman–Crippen MR) is 96.7 cm³/mol. The fourth-order valence-corrected chi connectivity index (χ4v) is 3.34. The summed E-state index contributed by atoms with van der Waals surface area (Å²) < 4.78 is 27.6. The molecule has 5 nitrogen and oxygen atoms in total. The monoisotopic (exact) mass is 363 g/mol. The third kappa shape index (κ3) is 2.34. The van der Waals surface area contributed by atoms with Crippen LogP contribution in [-0.2, 0) is 4.79 Å². The van der Waals surface area contributed by atoms with Crippen molar-refractivity contribution in [1.29, 1.82) is 5.26 Å². The quantitative estimate of drug-likeness (QED) is 0.779. The summed E-state index contributed by atoms with van der Waals surface area (Å²) >= 11 is 0. The van der Waals surface area contributed by atoms with Gasteiger partial charge in [-0.25, -0.2) is 8.78 Å². The second-order valence-corrected chi connectivity index (χ2v) is 6.12. The van der Waals surface area contributed by atoms with Crippen LogP contribution in [0, 0.1) is 23.0 Å². The van der Waals surface area contributed by atoms with E-state index in [2.05, 4.69) is 10.1 Å². The van der Waals surface area contributed by atoms with Crippen molar-refractivity contribution in [2.75, 3.05) is 0 Å². The van der Waals surface area contributed by atoms with Crippen LogP contribution in [0.5, 0.6) is 0 Å². The summed E-state index contributed by atoms with van der Waals surface area (Å²) in [6.45, 7) is 1.85. The first kappa shape index (κ1) is 16.9. The summed E-state index contributed by atoms with van der Waals surface area (Å²) in [5, 5.41) is 13.5. The number of aliphatic imine (C=N–C) groups is 1. The molecule has 1 atom stereocenters. The molecule has 2 aromatic rings. The standard InChI is InChI=1S/C20H13F2N4O/c1-2-15-11-24-20-19(27)18(13-5-3-12(10-23)4-6-13)25-26(15,20)17-8-7-14(21)9-16(17)22/h3-9,11H,2H2,1H3/q+1. The number of nitrogens with zero attached hydrogens (tertiary/aromatic N) is 4. The van der Waals surface area contributed by atoms with Crippen molar-refractivity contribution >= 4 is 23.0 Å². The Kier molecular flexibility index (Phi) is 3.79. The van der Waals surface area contributed by atoms with Crippen molar-refractivity contribution < 1.29 is 13.6 Å². The van der Waals surface area contributed by atoms with Crippen molar-refractivity contribution in [3.63, 3.8) is 0 Å². The normalized spacial score (nSPS) is 20.7. The van der Waals surface area contributed by atoms with Crippen molar-refractivity contribution in [3.05, 3.63) is 77.1 Å². The SMILES string of the molecule is CCC1=CN=C2C(=O)C(c3ccc(C#N)cc3)=N[N+]12c1ccc(F)cc1F. The minimum atomic E-state index is -0.804. The molecule has 132 valence electrons. The van der Waals surface area contributed by atoms with Crippen LogP contribution in [0.4, 0.5) is 14.5 Å². The maximum absolute atomic E-state index is 14.6. The van der Waals surface area contributed by atoms with Crippen LogP contribution in [0.15, 0.2) is 64.5 Å². The van der Waals surface area contributed by atoms with Crippen LogP contribution in [0.1, 0.15) is 24.5 Å². The minimum absolute atomic E-state index is 0.0396. The molecule has 0 aromatic heterocycles. The Labute approximate surface area is 153 Å². The van der Waals surface area contributed by atoms with Gasteiger partial charge in [0.1, 0.15) is 5.82 Å². The third-order valence-corrected chi connectivity index (χ3v) is 4.63. The van der Waals surface area contributed by atoms with Crippen LogP contribution in [-0.4, -0.2) is 17.3 Å². The Balaban J connectivity index is 1.94. The average molecular weight is 363 g/mol. The van der Waals surface area contributed by atoms with Crippen molar-refractivity contribution in [1.82, 2.24) is 4.59 Å². The Hall–Kier alpha value is -3.50. The van der Waals surface area contributed by atoms with Gasteiger partial charge in [0.2, 0.25) is 5.69 Å². The molecule has 2 heterocycles. The van der Waals surface area contributed by atoms with Gasteiger partial charge in [0, 0.05) is 24.1 Å². The molecule has 7 heteroatoms. The fourth-order valence-electron chi connectivity index (χ4n) is 3.34. The van der Waals surface area contributed by atoms with Gasteiger partial charge in [-0.3, -0.25) is 4.79 Å². The molecule has 0 saturated heterocycles. The second kappa shape index (κ2) is 6.04. The lowest BCUT2D eigenvalue weighted by atomic mass is 10.0. The Morgan fingerprint density at radius 3 is 2.52 bits per heavy atom. The number of nitriles is 1.